The van der Waals surface area contributed by atoms with Crippen molar-refractivity contribution in [1.29, 1.82) is 0 Å². The summed E-state index contributed by atoms with van der Waals surface area (Å²) >= 11 is 0. The minimum Gasteiger partial charge on any atom is -0.365 e. The van der Waals surface area contributed by atoms with Gasteiger partial charge in [-0.15, -0.1) is 0 Å². The maximum atomic E-state index is 11.2. The zero-order valence-corrected chi connectivity index (χ0v) is 9.67. The first-order valence-corrected chi connectivity index (χ1v) is 5.29. The molecule has 4 heteroatoms. The molecule has 1 heterocycles. The largest absolute Gasteiger partial charge is 0.365 e. The molecule has 1 aliphatic rings. The average molecular weight is 211 g/mol. The quantitative estimate of drug-likeness (QED) is 0.365. The van der Waals surface area contributed by atoms with Crippen LogP contribution in [0.25, 0.3) is 0 Å². The highest BCUT2D eigenvalue weighted by Gasteiger charge is 2.17. The van der Waals surface area contributed by atoms with Crippen molar-refractivity contribution in [2.75, 3.05) is 33.2 Å². The Morgan fingerprint density at radius 2 is 1.60 bits per heavy atom. The highest BCUT2D eigenvalue weighted by Crippen LogP contribution is 2.02. The van der Waals surface area contributed by atoms with Crippen LogP contribution in [0.1, 0.15) is 13.8 Å². The van der Waals surface area contributed by atoms with Crippen molar-refractivity contribution in [2.24, 2.45) is 0 Å². The zero-order valence-electron chi connectivity index (χ0n) is 9.67. The summed E-state index contributed by atoms with van der Waals surface area (Å²) in [5, 5.41) is 0. The summed E-state index contributed by atoms with van der Waals surface area (Å²) in [5.41, 5.74) is 0.314. The number of nitrogens with one attached hydrogen (secondary N) is 1. The van der Waals surface area contributed by atoms with Crippen molar-refractivity contribution in [1.82, 2.24) is 4.90 Å². The average Bonchev–Trinajstić information content (AvgIpc) is 2.15. The van der Waals surface area contributed by atoms with Crippen LogP contribution in [0.2, 0.25) is 0 Å². The normalized spacial score (nSPS) is 17.4. The molecule has 0 aromatic carbocycles. The zero-order chi connectivity index (χ0) is 11.4. The topological polar surface area (TPSA) is 41.8 Å². The molecule has 0 aromatic rings. The molecule has 0 atom stereocenters. The van der Waals surface area contributed by atoms with Gasteiger partial charge in [-0.25, -0.2) is 0 Å². The van der Waals surface area contributed by atoms with E-state index >= 15 is 0 Å². The summed E-state index contributed by atoms with van der Waals surface area (Å²) < 4.78 is 0. The number of carbonyl (C=O) groups excluding carboxylic acids is 2. The van der Waals surface area contributed by atoms with Crippen LogP contribution in [0.4, 0.5) is 0 Å². The molecular formula is C11H19N2O2+. The summed E-state index contributed by atoms with van der Waals surface area (Å²) in [6.07, 6.45) is 1.72. The Hall–Kier alpha value is -1.16. The van der Waals surface area contributed by atoms with Gasteiger partial charge in [0.25, 0.3) is 0 Å². The molecule has 1 aliphatic heterocycles. The van der Waals surface area contributed by atoms with E-state index in [9.17, 15) is 9.59 Å². The fraction of sp³-hybridized carbons (Fsp3) is 0.636. The fourth-order valence-corrected chi connectivity index (χ4v) is 1.65. The second-order valence-corrected chi connectivity index (χ2v) is 4.15. The van der Waals surface area contributed by atoms with Gasteiger partial charge in [-0.3, -0.25) is 9.59 Å². The number of carbonyl (C=O) groups is 2. The number of likely N-dealkylation sites (N-methyl/N-ethyl adjacent to an activating group) is 1. The number of allylic oxidation sites excluding steroid dienone is 1. The van der Waals surface area contributed by atoms with Gasteiger partial charge >= 0.3 is 0 Å². The lowest BCUT2D eigenvalue weighted by atomic mass is 10.1. The molecule has 1 N–H and O–H groups in total. The molecule has 0 aliphatic carbocycles. The van der Waals surface area contributed by atoms with E-state index in [-0.39, 0.29) is 11.6 Å². The van der Waals surface area contributed by atoms with Crippen molar-refractivity contribution >= 4 is 11.6 Å². The lowest BCUT2D eigenvalue weighted by Gasteiger charge is -2.29. The van der Waals surface area contributed by atoms with Gasteiger partial charge in [0.05, 0.1) is 38.8 Å². The van der Waals surface area contributed by atoms with Crippen molar-refractivity contribution in [2.45, 2.75) is 13.8 Å². The molecule has 0 aromatic heterocycles. The summed E-state index contributed by atoms with van der Waals surface area (Å²) in [6.45, 7) is 6.81. The van der Waals surface area contributed by atoms with Gasteiger partial charge in [0.1, 0.15) is 0 Å². The van der Waals surface area contributed by atoms with E-state index in [0.29, 0.717) is 5.57 Å². The van der Waals surface area contributed by atoms with E-state index in [1.165, 1.54) is 18.7 Å². The molecule has 0 amide bonds. The van der Waals surface area contributed by atoms with Crippen molar-refractivity contribution < 1.29 is 14.5 Å². The molecule has 84 valence electrons. The number of hydrogen-bond donors (Lipinski definition) is 1. The van der Waals surface area contributed by atoms with E-state index in [1.54, 1.807) is 6.20 Å². The molecule has 1 fully saturated rings. The molecule has 0 spiro atoms. The van der Waals surface area contributed by atoms with Crippen LogP contribution in [0, 0.1) is 0 Å². The van der Waals surface area contributed by atoms with E-state index in [1.807, 2.05) is 0 Å². The predicted octanol–water partition coefficient (Wildman–Crippen LogP) is -1.12. The van der Waals surface area contributed by atoms with Crippen LogP contribution in [0.15, 0.2) is 11.8 Å². The molecule has 0 saturated carbocycles. The molecular weight excluding hydrogens is 192 g/mol. The van der Waals surface area contributed by atoms with E-state index < -0.39 is 0 Å². The molecule has 4 nitrogen and oxygen atoms in total. The summed E-state index contributed by atoms with van der Waals surface area (Å²) in [5.74, 6) is -0.289. The first kappa shape index (κ1) is 11.9. The lowest BCUT2D eigenvalue weighted by Crippen LogP contribution is -3.11. The Kier molecular flexibility index (Phi) is 4.03. The van der Waals surface area contributed by atoms with Gasteiger partial charge in [-0.05, 0) is 13.8 Å². The smallest absolute Gasteiger partial charge is 0.164 e. The summed E-state index contributed by atoms with van der Waals surface area (Å²) in [6, 6.07) is 0. The van der Waals surface area contributed by atoms with Crippen LogP contribution in [0.3, 0.4) is 0 Å². The molecule has 0 bridgehead atoms. The van der Waals surface area contributed by atoms with Gasteiger partial charge in [-0.2, -0.15) is 0 Å². The van der Waals surface area contributed by atoms with Crippen LogP contribution in [-0.2, 0) is 9.59 Å². The maximum absolute atomic E-state index is 11.2. The third-order valence-corrected chi connectivity index (χ3v) is 2.72. The van der Waals surface area contributed by atoms with Gasteiger partial charge in [0.15, 0.2) is 11.6 Å². The fourth-order valence-electron chi connectivity index (χ4n) is 1.65. The highest BCUT2D eigenvalue weighted by atomic mass is 16.1. The lowest BCUT2D eigenvalue weighted by molar-refractivity contribution is -0.883. The monoisotopic (exact) mass is 211 g/mol. The van der Waals surface area contributed by atoms with Crippen LogP contribution in [-0.4, -0.2) is 49.7 Å². The van der Waals surface area contributed by atoms with Crippen molar-refractivity contribution in [3.63, 3.8) is 0 Å². The number of quaternary nitrogens is 1. The van der Waals surface area contributed by atoms with Gasteiger partial charge in [0, 0.05) is 6.20 Å². The number of rotatable bonds is 3. The molecule has 1 saturated heterocycles. The van der Waals surface area contributed by atoms with Gasteiger partial charge in [0.2, 0.25) is 0 Å². The van der Waals surface area contributed by atoms with E-state index in [4.69, 9.17) is 0 Å². The minimum absolute atomic E-state index is 0.145. The van der Waals surface area contributed by atoms with Crippen LogP contribution < -0.4 is 4.90 Å². The molecule has 15 heavy (non-hydrogen) atoms. The second kappa shape index (κ2) is 5.07. The Morgan fingerprint density at radius 3 is 2.00 bits per heavy atom. The summed E-state index contributed by atoms with van der Waals surface area (Å²) in [7, 11) is 2.15. The molecule has 1 rings (SSSR count). The SMILES string of the molecule is CC(=O)C(=CN1CC[NH+](C)CC1)C(C)=O. The third-order valence-electron chi connectivity index (χ3n) is 2.72. The maximum Gasteiger partial charge on any atom is 0.164 e. The predicted molar refractivity (Wildman–Crippen MR) is 57.6 cm³/mol. The summed E-state index contributed by atoms with van der Waals surface area (Å²) in [4.78, 5) is 26.0. The Bertz CT molecular complexity index is 273. The minimum atomic E-state index is -0.145. The highest BCUT2D eigenvalue weighted by molar-refractivity contribution is 6.18. The molecule has 0 radical (unpaired) electrons. The Balaban J connectivity index is 2.67. The number of nitrogens with zero attached hydrogens (tertiary/aromatic N) is 1. The van der Waals surface area contributed by atoms with Crippen LogP contribution in [0.5, 0.6) is 0 Å². The Labute approximate surface area is 90.5 Å². The number of piperazine rings is 1. The first-order valence-electron chi connectivity index (χ1n) is 5.29. The Morgan fingerprint density at radius 1 is 1.13 bits per heavy atom. The van der Waals surface area contributed by atoms with Crippen molar-refractivity contribution in [3.8, 4) is 0 Å². The second-order valence-electron chi connectivity index (χ2n) is 4.15. The van der Waals surface area contributed by atoms with Gasteiger partial charge < -0.3 is 9.80 Å². The number of Topliss-reactive ketones (excluding diaryl/α,β-unsaturated/α-hetero) is 2. The van der Waals surface area contributed by atoms with Crippen LogP contribution >= 0.6 is 0 Å². The third kappa shape index (κ3) is 3.47. The molecule has 0 unspecified atom stereocenters. The standard InChI is InChI=1S/C11H18N2O2/c1-9(14)11(10(2)15)8-13-6-4-12(3)5-7-13/h8H,4-7H2,1-3H3/p+1. The van der Waals surface area contributed by atoms with E-state index in [2.05, 4.69) is 11.9 Å². The van der Waals surface area contributed by atoms with E-state index in [0.717, 1.165) is 26.2 Å². The first-order chi connectivity index (χ1) is 7.00. The van der Waals surface area contributed by atoms with Crippen molar-refractivity contribution in [3.05, 3.63) is 11.8 Å². The number of ketones is 2. The van der Waals surface area contributed by atoms with Gasteiger partial charge in [-0.1, -0.05) is 0 Å². The number of hydrogen-bond acceptors (Lipinski definition) is 3.